The zero-order chi connectivity index (χ0) is 27.7. The van der Waals surface area contributed by atoms with Gasteiger partial charge in [-0.3, -0.25) is 4.79 Å². The number of hydrogen-bond acceptors (Lipinski definition) is 7. The predicted octanol–water partition coefficient (Wildman–Crippen LogP) is 6.14. The van der Waals surface area contributed by atoms with Crippen molar-refractivity contribution in [2.45, 2.75) is 45.3 Å². The minimum absolute atomic E-state index is 0.239. The van der Waals surface area contributed by atoms with Gasteiger partial charge in [-0.15, -0.1) is 0 Å². The van der Waals surface area contributed by atoms with Crippen LogP contribution < -0.4 is 9.47 Å². The van der Waals surface area contributed by atoms with Crippen molar-refractivity contribution in [3.8, 4) is 29.1 Å². The third-order valence-corrected chi connectivity index (χ3v) is 7.28. The minimum atomic E-state index is -0.868. The zero-order valence-electron chi connectivity index (χ0n) is 21.3. The summed E-state index contributed by atoms with van der Waals surface area (Å²) in [5, 5.41) is 19.7. The van der Waals surface area contributed by atoms with Gasteiger partial charge >= 0.3 is 5.97 Å². The summed E-state index contributed by atoms with van der Waals surface area (Å²) in [4.78, 5) is 24.8. The number of ether oxygens (including phenoxy) is 2. The molecule has 0 saturated heterocycles. The fraction of sp³-hybridized carbons (Fsp3) is 0.321. The fourth-order valence-electron chi connectivity index (χ4n) is 4.07. The van der Waals surface area contributed by atoms with Gasteiger partial charge < -0.3 is 19.1 Å². The van der Waals surface area contributed by atoms with Gasteiger partial charge in [0.15, 0.2) is 11.2 Å². The Kier molecular flexibility index (Phi) is 7.34. The number of carboxylic acids is 1. The smallest absolute Gasteiger partial charge is 0.306 e. The van der Waals surface area contributed by atoms with E-state index in [9.17, 15) is 10.1 Å². The Morgan fingerprint density at radius 1 is 1.23 bits per heavy atom. The third-order valence-electron chi connectivity index (χ3n) is 6.73. The molecule has 1 atom stereocenters. The molecule has 1 N–H and O–H groups in total. The lowest BCUT2D eigenvalue weighted by molar-refractivity contribution is -0.141. The summed E-state index contributed by atoms with van der Waals surface area (Å²) in [5.41, 5.74) is 2.53. The Balaban J connectivity index is 1.56. The van der Waals surface area contributed by atoms with E-state index < -0.39 is 11.9 Å². The summed E-state index contributed by atoms with van der Waals surface area (Å²) in [6.07, 6.45) is 3.66. The van der Waals surface area contributed by atoms with E-state index in [1.807, 2.05) is 11.5 Å². The van der Waals surface area contributed by atoms with Crippen molar-refractivity contribution in [2.75, 3.05) is 6.61 Å². The molecule has 0 radical (unpaired) electrons. The van der Waals surface area contributed by atoms with E-state index in [-0.39, 0.29) is 18.8 Å². The molecule has 1 aliphatic carbocycles. The van der Waals surface area contributed by atoms with Gasteiger partial charge in [0.05, 0.1) is 35.7 Å². The molecule has 11 heteroatoms. The van der Waals surface area contributed by atoms with Gasteiger partial charge in [-0.2, -0.15) is 10.2 Å². The van der Waals surface area contributed by atoms with Crippen LogP contribution in [0.5, 0.6) is 11.6 Å². The van der Waals surface area contributed by atoms with Gasteiger partial charge in [0.2, 0.25) is 5.88 Å². The molecule has 1 aliphatic rings. The molecule has 0 bridgehead atoms. The molecule has 0 aliphatic heterocycles. The average Bonchev–Trinajstić information content (AvgIpc) is 3.52. The van der Waals surface area contributed by atoms with Crippen LogP contribution in [-0.4, -0.2) is 42.8 Å². The quantitative estimate of drug-likeness (QED) is 0.243. The number of carboxylic acid groups (broad SMARTS) is 1. The first kappa shape index (κ1) is 26.7. The Morgan fingerprint density at radius 3 is 2.72 bits per heavy atom. The molecular weight excluding hydrogens is 541 g/mol. The largest absolute Gasteiger partial charge is 0.494 e. The average molecular weight is 566 g/mol. The van der Waals surface area contributed by atoms with E-state index in [0.717, 1.165) is 12.8 Å². The van der Waals surface area contributed by atoms with Crippen LogP contribution >= 0.6 is 23.2 Å². The van der Waals surface area contributed by atoms with Crippen LogP contribution in [0.2, 0.25) is 10.0 Å². The molecule has 0 unspecified atom stereocenters. The first-order valence-corrected chi connectivity index (χ1v) is 13.2. The number of hydrogen-bond donors (Lipinski definition) is 1. The van der Waals surface area contributed by atoms with Crippen LogP contribution in [0.1, 0.15) is 44.2 Å². The van der Waals surface area contributed by atoms with Crippen LogP contribution in [0.3, 0.4) is 0 Å². The van der Waals surface area contributed by atoms with E-state index in [0.29, 0.717) is 61.8 Å². The lowest BCUT2D eigenvalue weighted by Gasteiger charge is -2.13. The maximum atomic E-state index is 11.1. The summed E-state index contributed by atoms with van der Waals surface area (Å²) >= 11 is 13.0. The molecule has 1 saturated carbocycles. The summed E-state index contributed by atoms with van der Waals surface area (Å²) in [6.45, 7) is 4.15. The number of nitriles is 1. The fourth-order valence-corrected chi connectivity index (χ4v) is 4.52. The van der Waals surface area contributed by atoms with Crippen molar-refractivity contribution < 1.29 is 19.4 Å². The predicted molar refractivity (Wildman–Crippen MR) is 146 cm³/mol. The topological polar surface area (TPSA) is 123 Å². The second-order valence-electron chi connectivity index (χ2n) is 9.86. The second kappa shape index (κ2) is 10.7. The summed E-state index contributed by atoms with van der Waals surface area (Å²) in [6, 6.07) is 12.5. The first-order valence-electron chi connectivity index (χ1n) is 12.4. The zero-order valence-corrected chi connectivity index (χ0v) is 22.8. The Labute approximate surface area is 234 Å². The van der Waals surface area contributed by atoms with Crippen LogP contribution in [0.25, 0.3) is 22.6 Å². The molecule has 0 spiro atoms. The molecule has 9 nitrogen and oxygen atoms in total. The van der Waals surface area contributed by atoms with Gasteiger partial charge in [0, 0.05) is 10.6 Å². The number of aliphatic carboxylic acids is 1. The van der Waals surface area contributed by atoms with E-state index in [2.05, 4.69) is 16.0 Å². The lowest BCUT2D eigenvalue weighted by atomic mass is 10.1. The number of nitrogens with zero attached hydrogens (tertiary/aromatic N) is 5. The number of imidazole rings is 1. The molecular formula is C28H25Cl2N5O4. The van der Waals surface area contributed by atoms with Crippen molar-refractivity contribution in [1.82, 2.24) is 19.5 Å². The number of benzene rings is 2. The van der Waals surface area contributed by atoms with Crippen molar-refractivity contribution in [2.24, 2.45) is 5.92 Å². The molecule has 4 aromatic rings. The monoisotopic (exact) mass is 565 g/mol. The maximum Gasteiger partial charge on any atom is 0.306 e. The molecule has 0 amide bonds. The van der Waals surface area contributed by atoms with Gasteiger partial charge in [-0.1, -0.05) is 30.1 Å². The standard InChI is InChI=1S/C28H25Cl2N5O4/c1-16(27(36)37)7-10-38-20-5-6-21(22(30)12-20)24-34-23-25(32-15-33-26(23)39-28(2)8-9-28)35(24)14-18-11-19(29)4-3-17(18)13-31/h3-6,11-12,15-16H,7-10,14H2,1-2H3,(H,36,37)/t16-/m0/s1. The van der Waals surface area contributed by atoms with Crippen LogP contribution in [0.4, 0.5) is 0 Å². The highest BCUT2D eigenvalue weighted by Crippen LogP contribution is 2.41. The van der Waals surface area contributed by atoms with Gasteiger partial charge in [0.25, 0.3) is 0 Å². The lowest BCUT2D eigenvalue weighted by Crippen LogP contribution is -2.13. The summed E-state index contributed by atoms with van der Waals surface area (Å²) < 4.78 is 13.8. The van der Waals surface area contributed by atoms with Crippen LogP contribution in [0, 0.1) is 17.2 Å². The highest BCUT2D eigenvalue weighted by Gasteiger charge is 2.41. The van der Waals surface area contributed by atoms with Crippen LogP contribution in [0.15, 0.2) is 42.7 Å². The molecule has 2 heterocycles. The van der Waals surface area contributed by atoms with Gasteiger partial charge in [0.1, 0.15) is 23.5 Å². The minimum Gasteiger partial charge on any atom is -0.494 e. The maximum absolute atomic E-state index is 11.1. The normalized spacial score (nSPS) is 14.5. The summed E-state index contributed by atoms with van der Waals surface area (Å²) in [7, 11) is 0. The van der Waals surface area contributed by atoms with Crippen LogP contribution in [-0.2, 0) is 11.3 Å². The SMILES string of the molecule is C[C@@H](CCOc1ccc(-c2nc3c(OC4(C)CC4)ncnc3n2Cc2cc(Cl)ccc2C#N)c(Cl)c1)C(=O)O. The second-order valence-corrected chi connectivity index (χ2v) is 10.7. The van der Waals surface area contributed by atoms with Crippen molar-refractivity contribution in [3.05, 3.63) is 63.9 Å². The molecule has 2 aromatic carbocycles. The third kappa shape index (κ3) is 5.77. The highest BCUT2D eigenvalue weighted by molar-refractivity contribution is 6.33. The molecule has 2 aromatic heterocycles. The number of halogens is 2. The van der Waals surface area contributed by atoms with Crippen molar-refractivity contribution in [3.63, 3.8) is 0 Å². The number of carbonyl (C=O) groups is 1. The van der Waals surface area contributed by atoms with Gasteiger partial charge in [-0.05, 0) is 68.1 Å². The Morgan fingerprint density at radius 2 is 2.03 bits per heavy atom. The molecule has 200 valence electrons. The van der Waals surface area contributed by atoms with Gasteiger partial charge in [-0.25, -0.2) is 9.97 Å². The number of fused-ring (bicyclic) bond motifs is 1. The van der Waals surface area contributed by atoms with E-state index in [1.54, 1.807) is 43.3 Å². The summed E-state index contributed by atoms with van der Waals surface area (Å²) in [5.74, 6) is 0.0228. The number of rotatable bonds is 10. The molecule has 1 fully saturated rings. The van der Waals surface area contributed by atoms with Crippen molar-refractivity contribution in [1.29, 1.82) is 5.26 Å². The molecule has 39 heavy (non-hydrogen) atoms. The highest BCUT2D eigenvalue weighted by atomic mass is 35.5. The Bertz CT molecular complexity index is 1610. The molecule has 5 rings (SSSR count). The van der Waals surface area contributed by atoms with Crippen molar-refractivity contribution >= 4 is 40.3 Å². The first-order chi connectivity index (χ1) is 18.7. The van der Waals surface area contributed by atoms with E-state index in [1.165, 1.54) is 6.33 Å². The van der Waals surface area contributed by atoms with E-state index in [4.69, 9.17) is 42.8 Å². The Hall–Kier alpha value is -3.87. The van der Waals surface area contributed by atoms with E-state index >= 15 is 0 Å². The number of aromatic nitrogens is 4.